The summed E-state index contributed by atoms with van der Waals surface area (Å²) in [6.45, 7) is 10.6. The topological polar surface area (TPSA) is 78.4 Å². The molecule has 0 radical (unpaired) electrons. The quantitative estimate of drug-likeness (QED) is 0.405. The molecular weight excluding hydrogens is 429 g/mol. The zero-order valence-electron chi connectivity index (χ0n) is 20.0. The molecule has 3 atom stereocenters. The number of rotatable bonds is 7. The van der Waals surface area contributed by atoms with Crippen molar-refractivity contribution in [3.63, 3.8) is 0 Å². The van der Waals surface area contributed by atoms with Crippen molar-refractivity contribution in [3.05, 3.63) is 76.9 Å². The number of nitrogens with zero attached hydrogens (tertiary/aromatic N) is 2. The van der Waals surface area contributed by atoms with Gasteiger partial charge in [-0.05, 0) is 73.8 Å². The van der Waals surface area contributed by atoms with Crippen LogP contribution in [0, 0.1) is 12.8 Å². The maximum absolute atomic E-state index is 12.4. The molecule has 0 aliphatic carbocycles. The van der Waals surface area contributed by atoms with Crippen LogP contribution in [0.4, 0.5) is 16.3 Å². The Labute approximate surface area is 198 Å². The van der Waals surface area contributed by atoms with Gasteiger partial charge in [0.2, 0.25) is 0 Å². The highest BCUT2D eigenvalue weighted by Gasteiger charge is 2.19. The summed E-state index contributed by atoms with van der Waals surface area (Å²) in [5, 5.41) is 10.7. The van der Waals surface area contributed by atoms with Gasteiger partial charge in [0.15, 0.2) is 0 Å². The summed E-state index contributed by atoms with van der Waals surface area (Å²) in [5.41, 5.74) is 3.96. The Morgan fingerprint density at radius 1 is 1.18 bits per heavy atom. The van der Waals surface area contributed by atoms with Crippen molar-refractivity contribution >= 4 is 32.3 Å². The highest BCUT2D eigenvalue weighted by atomic mass is 31.1. The summed E-state index contributed by atoms with van der Waals surface area (Å²) in [4.78, 5) is 21.2. The highest BCUT2D eigenvalue weighted by Crippen LogP contribution is 2.39. The lowest BCUT2D eigenvalue weighted by Crippen LogP contribution is -2.31. The maximum Gasteiger partial charge on any atom is 0.324 e. The second-order valence-corrected chi connectivity index (χ2v) is 10.1. The van der Waals surface area contributed by atoms with Gasteiger partial charge in [0, 0.05) is 24.1 Å². The maximum atomic E-state index is 12.4. The molecule has 1 aliphatic rings. The van der Waals surface area contributed by atoms with Crippen LogP contribution in [0.25, 0.3) is 0 Å². The van der Waals surface area contributed by atoms with E-state index >= 15 is 0 Å². The number of allylic oxidation sites excluding steroid dienone is 3. The van der Waals surface area contributed by atoms with Crippen molar-refractivity contribution < 1.29 is 4.79 Å². The number of amides is 2. The molecule has 2 amide bonds. The van der Waals surface area contributed by atoms with Crippen LogP contribution < -0.4 is 16.0 Å². The number of hydrogen-bond donors (Lipinski definition) is 3. The van der Waals surface area contributed by atoms with E-state index in [0.29, 0.717) is 20.3 Å². The number of nitrogens with one attached hydrogen (secondary N) is 3. The number of carbonyl (C=O) groups excluding carboxylic acids is 1. The first kappa shape index (κ1) is 24.8. The van der Waals surface area contributed by atoms with Gasteiger partial charge in [-0.1, -0.05) is 46.7 Å². The van der Waals surface area contributed by atoms with Gasteiger partial charge in [0.05, 0.1) is 11.5 Å². The molecule has 2 heterocycles. The first-order valence-corrected chi connectivity index (χ1v) is 12.5. The standard InChI is InChI=1S/C26H34N5OP/c1-6-22-23(11-10-17(2)3)33-25(16-28-22)29-19(5)20-8-7-9-21(15-20)30-26(32)31-24-14-18(4)12-13-27-24/h6-9,11-17,19,25,29,33H,10H2,1-5H3,(H2,27,30,31,32)/b22-6+,23-11-. The molecule has 2 aromatic rings. The SMILES string of the molecule is C/C=C1/N=CC(NC(C)c2cccc(NC(=O)Nc3cc(C)ccn3)c2)P/C1=C\CC(C)C. The van der Waals surface area contributed by atoms with Gasteiger partial charge in [-0.2, -0.15) is 0 Å². The number of aryl methyl sites for hydroxylation is 1. The normalized spacial score (nSPS) is 19.9. The molecule has 1 aromatic heterocycles. The van der Waals surface area contributed by atoms with Crippen LogP contribution >= 0.6 is 8.58 Å². The molecule has 0 bridgehead atoms. The summed E-state index contributed by atoms with van der Waals surface area (Å²) in [6.07, 6.45) is 9.17. The number of pyridine rings is 1. The minimum atomic E-state index is -0.314. The molecule has 6 nitrogen and oxygen atoms in total. The van der Waals surface area contributed by atoms with Gasteiger partial charge in [0.25, 0.3) is 0 Å². The van der Waals surface area contributed by atoms with Gasteiger partial charge in [-0.3, -0.25) is 15.6 Å². The fraction of sp³-hybridized carbons (Fsp3) is 0.346. The summed E-state index contributed by atoms with van der Waals surface area (Å²) in [6, 6.07) is 11.4. The van der Waals surface area contributed by atoms with Gasteiger partial charge in [0.1, 0.15) is 5.82 Å². The van der Waals surface area contributed by atoms with E-state index in [0.717, 1.165) is 28.9 Å². The molecule has 3 unspecified atom stereocenters. The summed E-state index contributed by atoms with van der Waals surface area (Å²) < 4.78 is 0. The molecule has 3 N–H and O–H groups in total. The lowest BCUT2D eigenvalue weighted by molar-refractivity contribution is 0.262. The zero-order chi connectivity index (χ0) is 23.8. The first-order chi connectivity index (χ1) is 15.8. The minimum Gasteiger partial charge on any atom is -0.308 e. The fourth-order valence-corrected chi connectivity index (χ4v) is 4.88. The minimum absolute atomic E-state index is 0.107. The number of urea groups is 1. The Hall–Kier alpha value is -2.82. The zero-order valence-corrected chi connectivity index (χ0v) is 21.0. The molecule has 33 heavy (non-hydrogen) atoms. The average molecular weight is 464 g/mol. The van der Waals surface area contributed by atoms with Crippen molar-refractivity contribution in [3.8, 4) is 0 Å². The van der Waals surface area contributed by atoms with Crippen LogP contribution in [0.5, 0.6) is 0 Å². The third-order valence-corrected chi connectivity index (χ3v) is 6.65. The number of anilines is 2. The van der Waals surface area contributed by atoms with Gasteiger partial charge >= 0.3 is 6.03 Å². The molecule has 0 saturated heterocycles. The van der Waals surface area contributed by atoms with Crippen molar-refractivity contribution in [1.82, 2.24) is 10.3 Å². The van der Waals surface area contributed by atoms with E-state index in [-0.39, 0.29) is 17.9 Å². The largest absolute Gasteiger partial charge is 0.324 e. The first-order valence-electron chi connectivity index (χ1n) is 11.4. The van der Waals surface area contributed by atoms with Crippen LogP contribution in [-0.2, 0) is 0 Å². The molecule has 7 heteroatoms. The number of hydrogen-bond acceptors (Lipinski definition) is 4. The molecule has 0 fully saturated rings. The van der Waals surface area contributed by atoms with Crippen LogP contribution in [0.15, 0.2) is 70.8 Å². The third kappa shape index (κ3) is 7.62. The van der Waals surface area contributed by atoms with Crippen LogP contribution in [0.3, 0.4) is 0 Å². The van der Waals surface area contributed by atoms with Crippen molar-refractivity contribution in [2.24, 2.45) is 10.9 Å². The van der Waals surface area contributed by atoms with Crippen molar-refractivity contribution in [2.45, 2.75) is 52.9 Å². The third-order valence-electron chi connectivity index (χ3n) is 5.25. The molecular formula is C26H34N5OP. The summed E-state index contributed by atoms with van der Waals surface area (Å²) >= 11 is 0. The number of aliphatic imine (C=N–C) groups is 1. The van der Waals surface area contributed by atoms with E-state index in [4.69, 9.17) is 0 Å². The highest BCUT2D eigenvalue weighted by molar-refractivity contribution is 7.45. The molecule has 0 spiro atoms. The summed E-state index contributed by atoms with van der Waals surface area (Å²) in [7, 11) is 0.630. The van der Waals surface area contributed by atoms with E-state index in [1.54, 1.807) is 6.20 Å². The van der Waals surface area contributed by atoms with Crippen LogP contribution in [0.2, 0.25) is 0 Å². The van der Waals surface area contributed by atoms with E-state index in [1.807, 2.05) is 50.4 Å². The number of benzene rings is 1. The fourth-order valence-electron chi connectivity index (χ4n) is 3.47. The van der Waals surface area contributed by atoms with Crippen molar-refractivity contribution in [2.75, 3.05) is 10.6 Å². The lowest BCUT2D eigenvalue weighted by atomic mass is 10.1. The Morgan fingerprint density at radius 3 is 2.73 bits per heavy atom. The Morgan fingerprint density at radius 2 is 2.00 bits per heavy atom. The molecule has 3 rings (SSSR count). The number of carbonyl (C=O) groups is 1. The lowest BCUT2D eigenvalue weighted by Gasteiger charge is -2.26. The molecule has 174 valence electrons. The monoisotopic (exact) mass is 463 g/mol. The van der Waals surface area contributed by atoms with Gasteiger partial charge in [-0.15, -0.1) is 0 Å². The van der Waals surface area contributed by atoms with E-state index in [2.05, 4.69) is 64.9 Å². The molecule has 1 aromatic carbocycles. The summed E-state index contributed by atoms with van der Waals surface area (Å²) in [5.74, 6) is 1.35. The molecule has 0 saturated carbocycles. The van der Waals surface area contributed by atoms with Crippen LogP contribution in [-0.4, -0.2) is 23.0 Å². The predicted molar refractivity (Wildman–Crippen MR) is 141 cm³/mol. The van der Waals surface area contributed by atoms with Gasteiger partial charge < -0.3 is 5.32 Å². The van der Waals surface area contributed by atoms with E-state index < -0.39 is 0 Å². The van der Waals surface area contributed by atoms with Crippen molar-refractivity contribution in [1.29, 1.82) is 0 Å². The Bertz CT molecular complexity index is 1060. The number of aromatic nitrogens is 1. The second kappa shape index (κ2) is 11.9. The van der Waals surface area contributed by atoms with Crippen LogP contribution in [0.1, 0.15) is 51.3 Å². The van der Waals surface area contributed by atoms with Gasteiger partial charge in [-0.25, -0.2) is 9.78 Å². The Balaban J connectivity index is 1.62. The van der Waals surface area contributed by atoms with E-state index in [1.165, 1.54) is 5.31 Å². The average Bonchev–Trinajstić information content (AvgIpc) is 2.78. The molecule has 1 aliphatic heterocycles. The predicted octanol–water partition coefficient (Wildman–Crippen LogP) is 6.61. The smallest absolute Gasteiger partial charge is 0.308 e. The second-order valence-electron chi connectivity index (χ2n) is 8.63. The van der Waals surface area contributed by atoms with E-state index in [9.17, 15) is 4.79 Å². The Kier molecular flexibility index (Phi) is 8.93.